The molecule has 0 bridgehead atoms. The summed E-state index contributed by atoms with van der Waals surface area (Å²) in [6.45, 7) is 3.49. The second-order valence-electron chi connectivity index (χ2n) is 6.56. The van der Waals surface area contributed by atoms with Gasteiger partial charge >= 0.3 is 0 Å². The predicted octanol–water partition coefficient (Wildman–Crippen LogP) is 4.62. The van der Waals surface area contributed by atoms with Gasteiger partial charge in [0.15, 0.2) is 11.5 Å². The standard InChI is InChI=1S/C23H26N2O3/c1-17-8-10-18(11-9-17)15-25(22-7-5-6-12-24-22)16-19-13-20(26-2)23(28-4)21(14-19)27-3/h5-14H,15-16H2,1-4H3. The van der Waals surface area contributed by atoms with E-state index in [0.717, 1.165) is 17.9 Å². The van der Waals surface area contributed by atoms with Crippen molar-refractivity contribution in [2.75, 3.05) is 26.2 Å². The van der Waals surface area contributed by atoms with Gasteiger partial charge in [-0.05, 0) is 42.3 Å². The van der Waals surface area contributed by atoms with Crippen molar-refractivity contribution in [2.45, 2.75) is 20.0 Å². The van der Waals surface area contributed by atoms with Gasteiger partial charge in [0.25, 0.3) is 0 Å². The van der Waals surface area contributed by atoms with Gasteiger partial charge in [0.1, 0.15) is 5.82 Å². The molecule has 0 spiro atoms. The first-order valence-electron chi connectivity index (χ1n) is 9.15. The van der Waals surface area contributed by atoms with E-state index in [1.807, 2.05) is 36.5 Å². The van der Waals surface area contributed by atoms with Gasteiger partial charge in [-0.25, -0.2) is 4.98 Å². The number of hydrogen-bond acceptors (Lipinski definition) is 5. The van der Waals surface area contributed by atoms with E-state index in [1.54, 1.807) is 21.3 Å². The lowest BCUT2D eigenvalue weighted by Gasteiger charge is -2.25. The lowest BCUT2D eigenvalue weighted by molar-refractivity contribution is 0.323. The lowest BCUT2D eigenvalue weighted by atomic mass is 10.1. The molecule has 0 aliphatic heterocycles. The third-order valence-electron chi connectivity index (χ3n) is 4.57. The molecule has 5 heteroatoms. The SMILES string of the molecule is COc1cc(CN(Cc2ccc(C)cc2)c2ccccn2)cc(OC)c1OC. The van der Waals surface area contributed by atoms with Crippen molar-refractivity contribution in [3.8, 4) is 17.2 Å². The summed E-state index contributed by atoms with van der Waals surface area (Å²) in [6.07, 6.45) is 1.81. The molecule has 28 heavy (non-hydrogen) atoms. The minimum atomic E-state index is 0.594. The summed E-state index contributed by atoms with van der Waals surface area (Å²) in [6, 6.07) is 18.5. The first kappa shape index (κ1) is 19.5. The maximum absolute atomic E-state index is 5.50. The fraction of sp³-hybridized carbons (Fsp3) is 0.261. The van der Waals surface area contributed by atoms with Crippen LogP contribution in [0.4, 0.5) is 5.82 Å². The molecule has 3 aromatic rings. The summed E-state index contributed by atoms with van der Waals surface area (Å²) in [5.41, 5.74) is 3.52. The smallest absolute Gasteiger partial charge is 0.203 e. The van der Waals surface area contributed by atoms with Crippen LogP contribution < -0.4 is 19.1 Å². The largest absolute Gasteiger partial charge is 0.493 e. The van der Waals surface area contributed by atoms with Crippen molar-refractivity contribution in [3.05, 3.63) is 77.5 Å². The van der Waals surface area contributed by atoms with E-state index >= 15 is 0 Å². The van der Waals surface area contributed by atoms with E-state index in [2.05, 4.69) is 41.1 Å². The van der Waals surface area contributed by atoms with E-state index in [-0.39, 0.29) is 0 Å². The number of benzene rings is 2. The van der Waals surface area contributed by atoms with Crippen LogP contribution in [-0.4, -0.2) is 26.3 Å². The normalized spacial score (nSPS) is 10.4. The number of methoxy groups -OCH3 is 3. The zero-order valence-electron chi connectivity index (χ0n) is 16.8. The van der Waals surface area contributed by atoms with E-state index in [1.165, 1.54) is 11.1 Å². The Morgan fingerprint density at radius 2 is 1.43 bits per heavy atom. The van der Waals surface area contributed by atoms with Gasteiger partial charge in [0.2, 0.25) is 5.75 Å². The summed E-state index contributed by atoms with van der Waals surface area (Å²) in [4.78, 5) is 6.77. The number of nitrogens with zero attached hydrogens (tertiary/aromatic N) is 2. The van der Waals surface area contributed by atoms with Gasteiger partial charge < -0.3 is 19.1 Å². The van der Waals surface area contributed by atoms with Crippen LogP contribution in [0.1, 0.15) is 16.7 Å². The summed E-state index contributed by atoms with van der Waals surface area (Å²) < 4.78 is 16.4. The molecule has 0 atom stereocenters. The third kappa shape index (κ3) is 4.55. The Balaban J connectivity index is 1.94. The minimum absolute atomic E-state index is 0.594. The maximum Gasteiger partial charge on any atom is 0.203 e. The average molecular weight is 378 g/mol. The molecule has 0 fully saturated rings. The topological polar surface area (TPSA) is 43.8 Å². The zero-order valence-corrected chi connectivity index (χ0v) is 16.8. The highest BCUT2D eigenvalue weighted by Crippen LogP contribution is 2.38. The van der Waals surface area contributed by atoms with Crippen LogP contribution in [0.25, 0.3) is 0 Å². The van der Waals surface area contributed by atoms with Crippen LogP contribution in [0, 0.1) is 6.92 Å². The highest BCUT2D eigenvalue weighted by molar-refractivity contribution is 5.54. The second-order valence-corrected chi connectivity index (χ2v) is 6.56. The summed E-state index contributed by atoms with van der Waals surface area (Å²) in [7, 11) is 4.87. The van der Waals surface area contributed by atoms with Crippen molar-refractivity contribution >= 4 is 5.82 Å². The highest BCUT2D eigenvalue weighted by Gasteiger charge is 2.16. The summed E-state index contributed by atoms with van der Waals surface area (Å²) >= 11 is 0. The molecule has 3 rings (SSSR count). The number of pyridine rings is 1. The molecule has 1 aromatic heterocycles. The van der Waals surface area contributed by atoms with Crippen LogP contribution in [0.3, 0.4) is 0 Å². The Bertz CT molecular complexity index is 870. The first-order chi connectivity index (χ1) is 13.6. The van der Waals surface area contributed by atoms with E-state index in [0.29, 0.717) is 23.8 Å². The van der Waals surface area contributed by atoms with Crippen molar-refractivity contribution < 1.29 is 14.2 Å². The van der Waals surface area contributed by atoms with Gasteiger partial charge in [0.05, 0.1) is 21.3 Å². The second kappa shape index (κ2) is 9.13. The third-order valence-corrected chi connectivity index (χ3v) is 4.57. The molecule has 0 saturated carbocycles. The number of hydrogen-bond donors (Lipinski definition) is 0. The molecule has 0 amide bonds. The zero-order chi connectivity index (χ0) is 19.9. The average Bonchev–Trinajstić information content (AvgIpc) is 2.74. The predicted molar refractivity (Wildman–Crippen MR) is 111 cm³/mol. The van der Waals surface area contributed by atoms with Crippen molar-refractivity contribution in [1.82, 2.24) is 4.98 Å². The Morgan fingerprint density at radius 1 is 0.786 bits per heavy atom. The number of aryl methyl sites for hydroxylation is 1. The quantitative estimate of drug-likeness (QED) is 0.572. The molecule has 146 valence electrons. The number of rotatable bonds is 8. The molecular formula is C23H26N2O3. The molecule has 0 unspecified atom stereocenters. The van der Waals surface area contributed by atoms with Crippen molar-refractivity contribution in [2.24, 2.45) is 0 Å². The minimum Gasteiger partial charge on any atom is -0.493 e. The van der Waals surface area contributed by atoms with Gasteiger partial charge in [0, 0.05) is 19.3 Å². The molecule has 0 saturated heterocycles. The molecule has 0 aliphatic carbocycles. The molecule has 1 heterocycles. The Morgan fingerprint density at radius 3 is 1.96 bits per heavy atom. The Hall–Kier alpha value is -3.21. The van der Waals surface area contributed by atoms with E-state index in [9.17, 15) is 0 Å². The van der Waals surface area contributed by atoms with Gasteiger partial charge in [-0.1, -0.05) is 35.9 Å². The van der Waals surface area contributed by atoms with Gasteiger partial charge in [-0.3, -0.25) is 0 Å². The Labute approximate surface area is 166 Å². The van der Waals surface area contributed by atoms with Crippen LogP contribution in [0.2, 0.25) is 0 Å². The van der Waals surface area contributed by atoms with Crippen LogP contribution in [-0.2, 0) is 13.1 Å². The fourth-order valence-electron chi connectivity index (χ4n) is 3.12. The number of aromatic nitrogens is 1. The van der Waals surface area contributed by atoms with E-state index in [4.69, 9.17) is 14.2 Å². The molecular weight excluding hydrogens is 352 g/mol. The first-order valence-corrected chi connectivity index (χ1v) is 9.15. The summed E-state index contributed by atoms with van der Waals surface area (Å²) in [5, 5.41) is 0. The molecule has 0 radical (unpaired) electrons. The number of anilines is 1. The molecule has 0 N–H and O–H groups in total. The Kier molecular flexibility index (Phi) is 6.37. The highest BCUT2D eigenvalue weighted by atomic mass is 16.5. The van der Waals surface area contributed by atoms with Gasteiger partial charge in [-0.15, -0.1) is 0 Å². The maximum atomic E-state index is 5.50. The van der Waals surface area contributed by atoms with Gasteiger partial charge in [-0.2, -0.15) is 0 Å². The van der Waals surface area contributed by atoms with Crippen LogP contribution >= 0.6 is 0 Å². The summed E-state index contributed by atoms with van der Waals surface area (Å²) in [5.74, 6) is 2.80. The van der Waals surface area contributed by atoms with Crippen molar-refractivity contribution in [1.29, 1.82) is 0 Å². The van der Waals surface area contributed by atoms with Crippen molar-refractivity contribution in [3.63, 3.8) is 0 Å². The molecule has 5 nitrogen and oxygen atoms in total. The number of ether oxygens (including phenoxy) is 3. The lowest BCUT2D eigenvalue weighted by Crippen LogP contribution is -2.23. The van der Waals surface area contributed by atoms with E-state index < -0.39 is 0 Å². The fourth-order valence-corrected chi connectivity index (χ4v) is 3.12. The van der Waals surface area contributed by atoms with Crippen LogP contribution in [0.15, 0.2) is 60.8 Å². The molecule has 0 aliphatic rings. The molecule has 2 aromatic carbocycles. The van der Waals surface area contributed by atoms with Crippen LogP contribution in [0.5, 0.6) is 17.2 Å². The monoisotopic (exact) mass is 378 g/mol.